The summed E-state index contributed by atoms with van der Waals surface area (Å²) in [4.78, 5) is 36.0. The highest BCUT2D eigenvalue weighted by Crippen LogP contribution is 2.44. The summed E-state index contributed by atoms with van der Waals surface area (Å²) in [5.74, 6) is -0.212. The number of carbonyl (C=O) groups is 2. The second-order valence-corrected chi connectivity index (χ2v) is 7.36. The van der Waals surface area contributed by atoms with E-state index in [2.05, 4.69) is 36.2 Å². The molecule has 0 spiro atoms. The number of amides is 2. The number of fused-ring (bicyclic) bond motifs is 3. The molecule has 1 unspecified atom stereocenters. The number of hydrogen-bond acceptors (Lipinski definition) is 4. The van der Waals surface area contributed by atoms with Crippen LogP contribution in [0.15, 0.2) is 61.2 Å². The first-order chi connectivity index (χ1) is 14.2. The Balaban J connectivity index is 1.35. The van der Waals surface area contributed by atoms with Crippen molar-refractivity contribution in [3.63, 3.8) is 0 Å². The Kier molecular flexibility index (Phi) is 5.62. The lowest BCUT2D eigenvalue weighted by Crippen LogP contribution is -2.49. The molecule has 1 aliphatic heterocycles. The van der Waals surface area contributed by atoms with Gasteiger partial charge in [-0.3, -0.25) is 9.68 Å². The quantitative estimate of drug-likeness (QED) is 0.479. The van der Waals surface area contributed by atoms with Crippen LogP contribution >= 0.6 is 0 Å². The van der Waals surface area contributed by atoms with Crippen LogP contribution in [-0.2, 0) is 14.6 Å². The molecule has 2 aliphatic rings. The predicted octanol–water partition coefficient (Wildman–Crippen LogP) is 3.63. The van der Waals surface area contributed by atoms with Gasteiger partial charge in [0, 0.05) is 25.0 Å². The van der Waals surface area contributed by atoms with E-state index in [0.29, 0.717) is 13.1 Å². The minimum absolute atomic E-state index is 0.0242. The van der Waals surface area contributed by atoms with Crippen molar-refractivity contribution in [1.82, 2.24) is 10.2 Å². The van der Waals surface area contributed by atoms with Gasteiger partial charge in [0.25, 0.3) is 0 Å². The first-order valence-electron chi connectivity index (χ1n) is 9.87. The number of benzene rings is 2. The Bertz CT molecular complexity index is 881. The highest BCUT2D eigenvalue weighted by atomic mass is 17.2. The van der Waals surface area contributed by atoms with E-state index >= 15 is 0 Å². The maximum Gasteiger partial charge on any atom is 0.441 e. The van der Waals surface area contributed by atoms with E-state index in [1.165, 1.54) is 28.3 Å². The van der Waals surface area contributed by atoms with Crippen LogP contribution in [0.4, 0.5) is 4.79 Å². The SMILES string of the molecule is C=CC(=O)NC1CCCN(C(=O)OOCC2c3ccccc3-c3ccccc32)C1. The van der Waals surface area contributed by atoms with Gasteiger partial charge in [-0.25, -0.2) is 4.79 Å². The molecule has 4 rings (SSSR count). The van der Waals surface area contributed by atoms with Gasteiger partial charge in [0.2, 0.25) is 5.91 Å². The van der Waals surface area contributed by atoms with Gasteiger partial charge in [0.05, 0.1) is 0 Å². The Hall–Kier alpha value is -3.12. The third-order valence-electron chi connectivity index (χ3n) is 5.54. The van der Waals surface area contributed by atoms with E-state index in [1.807, 2.05) is 24.3 Å². The van der Waals surface area contributed by atoms with E-state index in [9.17, 15) is 9.59 Å². The lowest BCUT2D eigenvalue weighted by atomic mass is 9.98. The first kappa shape index (κ1) is 19.2. The van der Waals surface area contributed by atoms with Crippen molar-refractivity contribution < 1.29 is 19.4 Å². The van der Waals surface area contributed by atoms with Crippen molar-refractivity contribution in [1.29, 1.82) is 0 Å². The third-order valence-corrected chi connectivity index (χ3v) is 5.54. The monoisotopic (exact) mass is 392 g/mol. The van der Waals surface area contributed by atoms with Crippen LogP contribution in [0.2, 0.25) is 0 Å². The molecule has 0 radical (unpaired) electrons. The van der Waals surface area contributed by atoms with E-state index < -0.39 is 6.09 Å². The minimum atomic E-state index is -0.526. The lowest BCUT2D eigenvalue weighted by molar-refractivity contribution is -0.247. The molecule has 1 atom stereocenters. The molecule has 150 valence electrons. The molecule has 2 aromatic rings. The molecule has 2 amide bonds. The molecule has 0 bridgehead atoms. The molecule has 1 fully saturated rings. The van der Waals surface area contributed by atoms with Crippen molar-refractivity contribution >= 4 is 12.0 Å². The van der Waals surface area contributed by atoms with Gasteiger partial charge >= 0.3 is 6.09 Å². The van der Waals surface area contributed by atoms with E-state index in [1.54, 1.807) is 4.90 Å². The van der Waals surface area contributed by atoms with Gasteiger partial charge < -0.3 is 10.2 Å². The third kappa shape index (κ3) is 4.03. The molecule has 6 heteroatoms. The highest BCUT2D eigenvalue weighted by molar-refractivity contribution is 5.87. The summed E-state index contributed by atoms with van der Waals surface area (Å²) in [5.41, 5.74) is 4.74. The Morgan fingerprint density at radius 3 is 2.41 bits per heavy atom. The summed E-state index contributed by atoms with van der Waals surface area (Å²) in [6.07, 6.45) is 2.32. The fraction of sp³-hybridized carbons (Fsp3) is 0.304. The van der Waals surface area contributed by atoms with Gasteiger partial charge in [0.15, 0.2) is 0 Å². The van der Waals surface area contributed by atoms with Crippen molar-refractivity contribution in [2.75, 3.05) is 19.7 Å². The number of rotatable bonds is 5. The first-order valence-corrected chi connectivity index (χ1v) is 9.87. The van der Waals surface area contributed by atoms with Crippen LogP contribution < -0.4 is 5.32 Å². The van der Waals surface area contributed by atoms with Crippen LogP contribution in [0.5, 0.6) is 0 Å². The summed E-state index contributed by atoms with van der Waals surface area (Å²) < 4.78 is 0. The van der Waals surface area contributed by atoms with Crippen molar-refractivity contribution in [2.45, 2.75) is 24.8 Å². The fourth-order valence-electron chi connectivity index (χ4n) is 4.17. The number of likely N-dealkylation sites (tertiary alicyclic amines) is 1. The van der Waals surface area contributed by atoms with Crippen LogP contribution in [-0.4, -0.2) is 42.6 Å². The van der Waals surface area contributed by atoms with E-state index in [0.717, 1.165) is 12.8 Å². The van der Waals surface area contributed by atoms with Crippen molar-refractivity contribution in [3.05, 3.63) is 72.3 Å². The molecule has 0 saturated carbocycles. The van der Waals surface area contributed by atoms with Crippen LogP contribution in [0.1, 0.15) is 29.9 Å². The van der Waals surface area contributed by atoms with Crippen molar-refractivity contribution in [3.8, 4) is 11.1 Å². The van der Waals surface area contributed by atoms with Crippen LogP contribution in [0.3, 0.4) is 0 Å². The second-order valence-electron chi connectivity index (χ2n) is 7.36. The van der Waals surface area contributed by atoms with Gasteiger partial charge in [0.1, 0.15) is 6.61 Å². The maximum atomic E-state index is 12.4. The Morgan fingerprint density at radius 2 is 1.76 bits per heavy atom. The molecular formula is C23H24N2O4. The molecular weight excluding hydrogens is 368 g/mol. The molecule has 1 N–H and O–H groups in total. The summed E-state index contributed by atoms with van der Waals surface area (Å²) in [6, 6.07) is 16.3. The van der Waals surface area contributed by atoms with Gasteiger partial charge in [-0.1, -0.05) is 55.1 Å². The number of hydrogen-bond donors (Lipinski definition) is 1. The Morgan fingerprint density at radius 1 is 1.10 bits per heavy atom. The predicted molar refractivity (Wildman–Crippen MR) is 109 cm³/mol. The minimum Gasteiger partial charge on any atom is -0.348 e. The maximum absolute atomic E-state index is 12.4. The fourth-order valence-corrected chi connectivity index (χ4v) is 4.17. The van der Waals surface area contributed by atoms with Crippen molar-refractivity contribution in [2.24, 2.45) is 0 Å². The topological polar surface area (TPSA) is 67.9 Å². The zero-order chi connectivity index (χ0) is 20.2. The van der Waals surface area contributed by atoms with Crippen LogP contribution in [0.25, 0.3) is 11.1 Å². The molecule has 2 aromatic carbocycles. The van der Waals surface area contributed by atoms with Gasteiger partial charge in [-0.05, 0) is 41.2 Å². The summed E-state index contributed by atoms with van der Waals surface area (Å²) in [5, 5.41) is 2.83. The smallest absolute Gasteiger partial charge is 0.348 e. The number of nitrogens with one attached hydrogen (secondary N) is 1. The van der Waals surface area contributed by atoms with E-state index in [-0.39, 0.29) is 24.5 Å². The number of piperidine rings is 1. The molecule has 29 heavy (non-hydrogen) atoms. The van der Waals surface area contributed by atoms with E-state index in [4.69, 9.17) is 9.78 Å². The lowest BCUT2D eigenvalue weighted by Gasteiger charge is -2.31. The summed E-state index contributed by atoms with van der Waals surface area (Å²) in [7, 11) is 0. The number of nitrogens with zero attached hydrogens (tertiary/aromatic N) is 1. The molecule has 1 aliphatic carbocycles. The highest BCUT2D eigenvalue weighted by Gasteiger charge is 2.30. The molecule has 0 aromatic heterocycles. The molecule has 6 nitrogen and oxygen atoms in total. The molecule has 1 heterocycles. The van der Waals surface area contributed by atoms with Crippen LogP contribution in [0, 0.1) is 0 Å². The number of carbonyl (C=O) groups excluding carboxylic acids is 2. The normalized spacial score (nSPS) is 17.9. The van der Waals surface area contributed by atoms with Gasteiger partial charge in [-0.15, -0.1) is 0 Å². The zero-order valence-electron chi connectivity index (χ0n) is 16.2. The molecule has 1 saturated heterocycles. The average molecular weight is 392 g/mol. The summed E-state index contributed by atoms with van der Waals surface area (Å²) >= 11 is 0. The second kappa shape index (κ2) is 8.49. The standard InChI is InChI=1S/C23H24N2O4/c1-2-22(26)24-16-8-7-13-25(14-16)23(27)29-28-15-21-19-11-5-3-9-17(19)18-10-4-6-12-20(18)21/h2-6,9-12,16,21H,1,7-8,13-15H2,(H,24,26). The summed E-state index contributed by atoms with van der Waals surface area (Å²) in [6.45, 7) is 4.69. The van der Waals surface area contributed by atoms with Gasteiger partial charge in [-0.2, -0.15) is 4.89 Å². The average Bonchev–Trinajstić information content (AvgIpc) is 3.08. The zero-order valence-corrected chi connectivity index (χ0v) is 16.2. The Labute approximate surface area is 170 Å². The largest absolute Gasteiger partial charge is 0.441 e.